The fourth-order valence-corrected chi connectivity index (χ4v) is 4.44. The Balaban J connectivity index is 2.79. The maximum Gasteiger partial charge on any atom is 0.339 e. The molecule has 7 nitrogen and oxygen atoms in total. The number of hydrogen-bond acceptors (Lipinski definition) is 5. The van der Waals surface area contributed by atoms with Crippen molar-refractivity contribution < 1.29 is 29.4 Å². The van der Waals surface area contributed by atoms with Crippen LogP contribution in [0.1, 0.15) is 122 Å². The predicted octanol–water partition coefficient (Wildman–Crippen LogP) is 5.05. The molecule has 0 radical (unpaired) electrons. The van der Waals surface area contributed by atoms with Crippen molar-refractivity contribution in [2.24, 2.45) is 0 Å². The van der Waals surface area contributed by atoms with Gasteiger partial charge in [-0.05, 0) is 12.8 Å². The van der Waals surface area contributed by atoms with Crippen molar-refractivity contribution in [1.82, 2.24) is 5.32 Å². The van der Waals surface area contributed by atoms with Gasteiger partial charge in [0.05, 0.1) is 6.42 Å². The Morgan fingerprint density at radius 1 is 0.625 bits per heavy atom. The lowest BCUT2D eigenvalue weighted by atomic mass is 9.83. The van der Waals surface area contributed by atoms with Crippen LogP contribution in [0.4, 0.5) is 0 Å². The van der Waals surface area contributed by atoms with Crippen LogP contribution < -0.4 is 5.32 Å². The van der Waals surface area contributed by atoms with Gasteiger partial charge in [-0.3, -0.25) is 19.7 Å². The normalized spacial score (nSPS) is 21.4. The first kappa shape index (κ1) is 28.3. The summed E-state index contributed by atoms with van der Waals surface area (Å²) in [5, 5.41) is 21.3. The summed E-state index contributed by atoms with van der Waals surface area (Å²) in [5.74, 6) is -3.92. The van der Waals surface area contributed by atoms with Gasteiger partial charge in [-0.25, -0.2) is 4.79 Å². The summed E-state index contributed by atoms with van der Waals surface area (Å²) in [7, 11) is 0. The van der Waals surface area contributed by atoms with Crippen LogP contribution in [0.3, 0.4) is 0 Å². The number of carbonyl (C=O) groups is 4. The quantitative estimate of drug-likeness (QED) is 0.498. The first-order valence-corrected chi connectivity index (χ1v) is 12.7. The number of carboxylic acids is 2. The Labute approximate surface area is 192 Å². The summed E-state index contributed by atoms with van der Waals surface area (Å²) in [6.07, 6.45) is 16.6. The Kier molecular flexibility index (Phi) is 14.9. The molecule has 0 spiro atoms. The number of ketones is 2. The third kappa shape index (κ3) is 10.7. The standard InChI is InChI=1S/C25H43NO6/c27-21-17-15-13-11-9-7-5-3-1-2-4-6-8-10-12-14-16-18-22(28)25(21,24(31)32)26-20-19-23(29)30/h26H,1-20H2,(H,29,30)(H,31,32). The van der Waals surface area contributed by atoms with Crippen LogP contribution in [0, 0.1) is 0 Å². The molecule has 0 aromatic carbocycles. The highest BCUT2D eigenvalue weighted by molar-refractivity contribution is 6.27. The number of carboxylic acid groups (broad SMARTS) is 2. The summed E-state index contributed by atoms with van der Waals surface area (Å²) in [6, 6.07) is 0. The first-order valence-electron chi connectivity index (χ1n) is 12.7. The van der Waals surface area contributed by atoms with Crippen molar-refractivity contribution in [1.29, 1.82) is 0 Å². The van der Waals surface area contributed by atoms with E-state index in [9.17, 15) is 24.3 Å². The van der Waals surface area contributed by atoms with E-state index in [1.807, 2.05) is 0 Å². The molecule has 0 saturated heterocycles. The molecule has 0 atom stereocenters. The SMILES string of the molecule is O=C(O)CCNC1(C(=O)O)C(=O)CCCCCCCCCCCCCCCCCCC1=O. The highest BCUT2D eigenvalue weighted by Crippen LogP contribution is 2.20. The van der Waals surface area contributed by atoms with Crippen LogP contribution in [0.15, 0.2) is 0 Å². The number of aliphatic carboxylic acids is 2. The van der Waals surface area contributed by atoms with Gasteiger partial charge in [-0.1, -0.05) is 89.9 Å². The lowest BCUT2D eigenvalue weighted by Crippen LogP contribution is -2.64. The number of hydrogen-bond donors (Lipinski definition) is 3. The largest absolute Gasteiger partial charge is 0.481 e. The molecule has 184 valence electrons. The van der Waals surface area contributed by atoms with Crippen molar-refractivity contribution >= 4 is 23.5 Å². The van der Waals surface area contributed by atoms with Gasteiger partial charge in [-0.15, -0.1) is 0 Å². The van der Waals surface area contributed by atoms with E-state index in [1.165, 1.54) is 51.4 Å². The molecule has 0 aliphatic heterocycles. The van der Waals surface area contributed by atoms with Gasteiger partial charge in [0, 0.05) is 19.4 Å². The molecule has 1 aliphatic carbocycles. The molecule has 0 unspecified atom stereocenters. The van der Waals surface area contributed by atoms with E-state index in [2.05, 4.69) is 5.32 Å². The van der Waals surface area contributed by atoms with E-state index in [0.717, 1.165) is 38.5 Å². The number of rotatable bonds is 5. The average molecular weight is 454 g/mol. The Morgan fingerprint density at radius 3 is 1.22 bits per heavy atom. The molecule has 1 aliphatic rings. The van der Waals surface area contributed by atoms with Gasteiger partial charge in [-0.2, -0.15) is 0 Å². The minimum Gasteiger partial charge on any atom is -0.481 e. The smallest absolute Gasteiger partial charge is 0.339 e. The van der Waals surface area contributed by atoms with Crippen molar-refractivity contribution in [3.8, 4) is 0 Å². The zero-order chi connectivity index (χ0) is 23.7. The zero-order valence-corrected chi connectivity index (χ0v) is 19.7. The van der Waals surface area contributed by atoms with E-state index in [-0.39, 0.29) is 25.8 Å². The highest BCUT2D eigenvalue weighted by atomic mass is 16.4. The minimum atomic E-state index is -2.33. The molecule has 0 aromatic rings. The van der Waals surface area contributed by atoms with Crippen molar-refractivity contribution in [3.63, 3.8) is 0 Å². The molecule has 0 aromatic heterocycles. The topological polar surface area (TPSA) is 121 Å². The third-order valence-electron chi connectivity index (χ3n) is 6.44. The molecule has 32 heavy (non-hydrogen) atoms. The van der Waals surface area contributed by atoms with E-state index in [0.29, 0.717) is 12.8 Å². The lowest BCUT2D eigenvalue weighted by Gasteiger charge is -2.28. The molecular formula is C25H43NO6. The molecule has 3 N–H and O–H groups in total. The second-order valence-corrected chi connectivity index (χ2v) is 9.13. The van der Waals surface area contributed by atoms with Crippen molar-refractivity contribution in [3.05, 3.63) is 0 Å². The van der Waals surface area contributed by atoms with E-state index in [1.54, 1.807) is 0 Å². The monoisotopic (exact) mass is 453 g/mol. The third-order valence-corrected chi connectivity index (χ3v) is 6.44. The van der Waals surface area contributed by atoms with E-state index < -0.39 is 29.0 Å². The van der Waals surface area contributed by atoms with Gasteiger partial charge in [0.1, 0.15) is 0 Å². The fraction of sp³-hybridized carbons (Fsp3) is 0.840. The van der Waals surface area contributed by atoms with Crippen LogP contribution in [0.5, 0.6) is 0 Å². The van der Waals surface area contributed by atoms with Crippen LogP contribution in [-0.4, -0.2) is 45.8 Å². The molecule has 7 heteroatoms. The van der Waals surface area contributed by atoms with Gasteiger partial charge < -0.3 is 10.2 Å². The molecule has 1 rings (SSSR count). The number of nitrogens with one attached hydrogen (secondary N) is 1. The van der Waals surface area contributed by atoms with Gasteiger partial charge in [0.15, 0.2) is 11.6 Å². The number of Topliss-reactive ketones (excluding diaryl/α,β-unsaturated/α-hetero) is 2. The van der Waals surface area contributed by atoms with E-state index >= 15 is 0 Å². The fourth-order valence-electron chi connectivity index (χ4n) is 4.44. The second-order valence-electron chi connectivity index (χ2n) is 9.13. The summed E-state index contributed by atoms with van der Waals surface area (Å²) >= 11 is 0. The van der Waals surface area contributed by atoms with Crippen LogP contribution in [-0.2, 0) is 19.2 Å². The van der Waals surface area contributed by atoms with Gasteiger partial charge >= 0.3 is 11.9 Å². The lowest BCUT2D eigenvalue weighted by molar-refractivity contribution is -0.155. The highest BCUT2D eigenvalue weighted by Gasteiger charge is 2.51. The summed E-state index contributed by atoms with van der Waals surface area (Å²) in [5.41, 5.74) is -2.33. The maximum absolute atomic E-state index is 13.0. The maximum atomic E-state index is 13.0. The van der Waals surface area contributed by atoms with Gasteiger partial charge in [0.25, 0.3) is 0 Å². The zero-order valence-electron chi connectivity index (χ0n) is 19.7. The van der Waals surface area contributed by atoms with Crippen LogP contribution in [0.2, 0.25) is 0 Å². The molecule has 1 saturated carbocycles. The summed E-state index contributed by atoms with van der Waals surface area (Å²) in [4.78, 5) is 49.0. The van der Waals surface area contributed by atoms with Crippen molar-refractivity contribution in [2.75, 3.05) is 6.54 Å². The second kappa shape index (κ2) is 16.8. The Hall–Kier alpha value is -1.76. The number of carbonyl (C=O) groups excluding carboxylic acids is 2. The molecule has 0 bridgehead atoms. The van der Waals surface area contributed by atoms with Crippen LogP contribution in [0.25, 0.3) is 0 Å². The first-order chi connectivity index (χ1) is 15.4. The van der Waals surface area contributed by atoms with E-state index in [4.69, 9.17) is 5.11 Å². The summed E-state index contributed by atoms with van der Waals surface area (Å²) < 4.78 is 0. The van der Waals surface area contributed by atoms with Crippen molar-refractivity contribution in [2.45, 2.75) is 128 Å². The predicted molar refractivity (Wildman–Crippen MR) is 124 cm³/mol. The summed E-state index contributed by atoms with van der Waals surface area (Å²) in [6.45, 7) is -0.237. The molecule has 0 heterocycles. The Bertz CT molecular complexity index is 557. The van der Waals surface area contributed by atoms with Crippen LogP contribution >= 0.6 is 0 Å². The average Bonchev–Trinajstić information content (AvgIpc) is 2.74. The minimum absolute atomic E-state index is 0.0120. The molecule has 0 amide bonds. The Morgan fingerprint density at radius 2 is 0.938 bits per heavy atom. The van der Waals surface area contributed by atoms with Gasteiger partial charge in [0.2, 0.25) is 5.54 Å². The molecular weight excluding hydrogens is 410 g/mol. The molecule has 1 fully saturated rings.